The Morgan fingerprint density at radius 2 is 2.12 bits per heavy atom. The summed E-state index contributed by atoms with van der Waals surface area (Å²) in [5.41, 5.74) is 1.69. The second-order valence-corrected chi connectivity index (χ2v) is 4.46. The van der Waals surface area contributed by atoms with Crippen molar-refractivity contribution in [1.29, 1.82) is 0 Å². The summed E-state index contributed by atoms with van der Waals surface area (Å²) in [5, 5.41) is 1.90. The molecule has 0 spiro atoms. The lowest BCUT2D eigenvalue weighted by Gasteiger charge is -2.07. The molecule has 0 saturated carbocycles. The average molecular weight is 232 g/mol. The van der Waals surface area contributed by atoms with Crippen LogP contribution in [0.25, 0.3) is 0 Å². The summed E-state index contributed by atoms with van der Waals surface area (Å²) in [6.45, 7) is 1.96. The van der Waals surface area contributed by atoms with E-state index in [1.54, 1.807) is 7.11 Å². The van der Waals surface area contributed by atoms with Gasteiger partial charge >= 0.3 is 0 Å². The highest BCUT2D eigenvalue weighted by Gasteiger charge is 2.15. The first-order chi connectivity index (χ1) is 7.72. The van der Waals surface area contributed by atoms with E-state index in [0.717, 1.165) is 10.4 Å². The minimum Gasteiger partial charge on any atom is -0.496 e. The van der Waals surface area contributed by atoms with Crippen LogP contribution in [-0.2, 0) is 0 Å². The van der Waals surface area contributed by atoms with Gasteiger partial charge in [-0.15, -0.1) is 11.3 Å². The van der Waals surface area contributed by atoms with Crippen LogP contribution in [0.3, 0.4) is 0 Å². The van der Waals surface area contributed by atoms with Gasteiger partial charge in [0.2, 0.25) is 5.78 Å². The molecule has 1 aromatic heterocycles. The number of aryl methyl sites for hydroxylation is 1. The van der Waals surface area contributed by atoms with Crippen molar-refractivity contribution in [1.82, 2.24) is 0 Å². The Labute approximate surface area is 98.5 Å². The number of methoxy groups -OCH3 is 1. The van der Waals surface area contributed by atoms with E-state index >= 15 is 0 Å². The highest BCUT2D eigenvalue weighted by Crippen LogP contribution is 2.24. The fourth-order valence-electron chi connectivity index (χ4n) is 1.54. The minimum atomic E-state index is 0.0237. The Hall–Kier alpha value is -1.61. The van der Waals surface area contributed by atoms with E-state index in [-0.39, 0.29) is 5.78 Å². The number of ketones is 1. The molecule has 1 aromatic carbocycles. The van der Waals surface area contributed by atoms with Crippen molar-refractivity contribution < 1.29 is 9.53 Å². The molecule has 2 aromatic rings. The number of ether oxygens (including phenoxy) is 1. The van der Waals surface area contributed by atoms with E-state index in [0.29, 0.717) is 11.3 Å². The standard InChI is InChI=1S/C13H12O2S/c1-9-5-6-11(15-2)10(8-9)13(14)12-4-3-7-16-12/h3-8H,1-2H3. The van der Waals surface area contributed by atoms with Crippen molar-refractivity contribution in [3.63, 3.8) is 0 Å². The first kappa shape index (κ1) is 10.9. The second kappa shape index (κ2) is 4.49. The Bertz CT molecular complexity index is 501. The highest BCUT2D eigenvalue weighted by atomic mass is 32.1. The smallest absolute Gasteiger partial charge is 0.206 e. The van der Waals surface area contributed by atoms with Gasteiger partial charge < -0.3 is 4.74 Å². The molecule has 1 heterocycles. The lowest BCUT2D eigenvalue weighted by molar-refractivity contribution is 0.103. The zero-order valence-electron chi connectivity index (χ0n) is 9.19. The third-order valence-corrected chi connectivity index (χ3v) is 3.21. The molecule has 0 N–H and O–H groups in total. The predicted octanol–water partition coefficient (Wildman–Crippen LogP) is 3.30. The molecule has 0 bridgehead atoms. The van der Waals surface area contributed by atoms with Crippen LogP contribution in [0.2, 0.25) is 0 Å². The zero-order chi connectivity index (χ0) is 11.5. The van der Waals surface area contributed by atoms with Crippen molar-refractivity contribution in [2.75, 3.05) is 7.11 Å². The van der Waals surface area contributed by atoms with Crippen LogP contribution in [0.4, 0.5) is 0 Å². The van der Waals surface area contributed by atoms with Crippen LogP contribution in [0.5, 0.6) is 5.75 Å². The molecule has 0 fully saturated rings. The third kappa shape index (κ3) is 1.99. The molecular weight excluding hydrogens is 220 g/mol. The summed E-state index contributed by atoms with van der Waals surface area (Å²) in [7, 11) is 1.58. The average Bonchev–Trinajstić information content (AvgIpc) is 2.81. The fraction of sp³-hybridized carbons (Fsp3) is 0.154. The molecule has 3 heteroatoms. The third-order valence-electron chi connectivity index (χ3n) is 2.34. The monoisotopic (exact) mass is 232 g/mol. The summed E-state index contributed by atoms with van der Waals surface area (Å²) in [5.74, 6) is 0.652. The summed E-state index contributed by atoms with van der Waals surface area (Å²) in [6.07, 6.45) is 0. The first-order valence-corrected chi connectivity index (χ1v) is 5.83. The van der Waals surface area contributed by atoms with Gasteiger partial charge in [-0.3, -0.25) is 4.79 Å². The summed E-state index contributed by atoms with van der Waals surface area (Å²) >= 11 is 1.45. The minimum absolute atomic E-state index is 0.0237. The number of benzene rings is 1. The lowest BCUT2D eigenvalue weighted by Crippen LogP contribution is -2.02. The molecule has 82 valence electrons. The molecule has 16 heavy (non-hydrogen) atoms. The molecule has 0 aliphatic carbocycles. The van der Waals surface area contributed by atoms with E-state index in [4.69, 9.17) is 4.74 Å². The van der Waals surface area contributed by atoms with Crippen LogP contribution in [0.1, 0.15) is 20.8 Å². The second-order valence-electron chi connectivity index (χ2n) is 3.51. The molecule has 0 aliphatic heterocycles. The molecule has 0 radical (unpaired) electrons. The number of carbonyl (C=O) groups excluding carboxylic acids is 1. The van der Waals surface area contributed by atoms with Crippen molar-refractivity contribution in [3.8, 4) is 5.75 Å². The molecule has 0 atom stereocenters. The Balaban J connectivity index is 2.47. The number of hydrogen-bond acceptors (Lipinski definition) is 3. The molecule has 0 unspecified atom stereocenters. The molecule has 0 amide bonds. The van der Waals surface area contributed by atoms with Crippen molar-refractivity contribution in [3.05, 3.63) is 51.7 Å². The quantitative estimate of drug-likeness (QED) is 0.759. The Morgan fingerprint density at radius 3 is 2.75 bits per heavy atom. The normalized spacial score (nSPS) is 10.1. The van der Waals surface area contributed by atoms with Crippen LogP contribution in [0.15, 0.2) is 35.7 Å². The van der Waals surface area contributed by atoms with Crippen molar-refractivity contribution >= 4 is 17.1 Å². The van der Waals surface area contributed by atoms with Crippen molar-refractivity contribution in [2.45, 2.75) is 6.92 Å². The maximum Gasteiger partial charge on any atom is 0.206 e. The number of carbonyl (C=O) groups is 1. The van der Waals surface area contributed by atoms with Gasteiger partial charge in [0, 0.05) is 0 Å². The largest absolute Gasteiger partial charge is 0.496 e. The van der Waals surface area contributed by atoms with E-state index in [1.807, 2.05) is 42.6 Å². The molecule has 0 saturated heterocycles. The van der Waals surface area contributed by atoms with Gasteiger partial charge in [0.05, 0.1) is 17.6 Å². The highest BCUT2D eigenvalue weighted by molar-refractivity contribution is 7.12. The molecule has 2 rings (SSSR count). The first-order valence-electron chi connectivity index (χ1n) is 4.95. The van der Waals surface area contributed by atoms with E-state index in [9.17, 15) is 4.79 Å². The van der Waals surface area contributed by atoms with Crippen molar-refractivity contribution in [2.24, 2.45) is 0 Å². The predicted molar refractivity (Wildman–Crippen MR) is 65.5 cm³/mol. The van der Waals surface area contributed by atoms with Crippen LogP contribution < -0.4 is 4.74 Å². The lowest BCUT2D eigenvalue weighted by atomic mass is 10.1. The topological polar surface area (TPSA) is 26.3 Å². The Morgan fingerprint density at radius 1 is 1.31 bits per heavy atom. The maximum atomic E-state index is 12.2. The fourth-order valence-corrected chi connectivity index (χ4v) is 2.22. The van der Waals surface area contributed by atoms with Gasteiger partial charge in [0.15, 0.2) is 0 Å². The zero-order valence-corrected chi connectivity index (χ0v) is 10.0. The van der Waals surface area contributed by atoms with E-state index < -0.39 is 0 Å². The van der Waals surface area contributed by atoms with Crippen LogP contribution in [-0.4, -0.2) is 12.9 Å². The van der Waals surface area contributed by atoms with Gasteiger partial charge in [-0.05, 0) is 30.5 Å². The van der Waals surface area contributed by atoms with Gasteiger partial charge in [-0.25, -0.2) is 0 Å². The van der Waals surface area contributed by atoms with Gasteiger partial charge in [-0.2, -0.15) is 0 Å². The SMILES string of the molecule is COc1ccc(C)cc1C(=O)c1cccs1. The van der Waals surface area contributed by atoms with E-state index in [1.165, 1.54) is 11.3 Å². The summed E-state index contributed by atoms with van der Waals surface area (Å²) in [4.78, 5) is 12.9. The van der Waals surface area contributed by atoms with Gasteiger partial charge in [0.25, 0.3) is 0 Å². The number of rotatable bonds is 3. The summed E-state index contributed by atoms with van der Waals surface area (Å²) in [6, 6.07) is 9.33. The number of thiophene rings is 1. The molecule has 0 aliphatic rings. The molecular formula is C13H12O2S. The van der Waals surface area contributed by atoms with Crippen LogP contribution >= 0.6 is 11.3 Å². The number of hydrogen-bond donors (Lipinski definition) is 0. The van der Waals surface area contributed by atoms with Gasteiger partial charge in [-0.1, -0.05) is 17.7 Å². The van der Waals surface area contributed by atoms with E-state index in [2.05, 4.69) is 0 Å². The van der Waals surface area contributed by atoms with Crippen LogP contribution in [0, 0.1) is 6.92 Å². The van der Waals surface area contributed by atoms with Gasteiger partial charge in [0.1, 0.15) is 5.75 Å². The molecule has 2 nitrogen and oxygen atoms in total. The summed E-state index contributed by atoms with van der Waals surface area (Å²) < 4.78 is 5.20. The Kier molecular flexibility index (Phi) is 3.06. The maximum absolute atomic E-state index is 12.2.